The van der Waals surface area contributed by atoms with Crippen molar-refractivity contribution in [2.75, 3.05) is 13.1 Å². The first-order valence-electron chi connectivity index (χ1n) is 4.28. The highest BCUT2D eigenvalue weighted by Gasteiger charge is 2.29. The van der Waals surface area contributed by atoms with Gasteiger partial charge in [0.05, 0.1) is 12.0 Å². The van der Waals surface area contributed by atoms with Gasteiger partial charge in [-0.15, -0.1) is 0 Å². The normalized spacial score (nSPS) is 14.8. The lowest BCUT2D eigenvalue weighted by Crippen LogP contribution is -2.43. The lowest BCUT2D eigenvalue weighted by Gasteiger charge is -2.24. The number of nitrogens with two attached hydrogens (primary N) is 1. The van der Waals surface area contributed by atoms with Crippen LogP contribution in [0.5, 0.6) is 0 Å². The maximum atomic E-state index is 11.5. The SMILES string of the molecule is C=C(Cl)CNC(=O)C(C)(CC)CN. The van der Waals surface area contributed by atoms with Crippen LogP contribution in [-0.4, -0.2) is 19.0 Å². The van der Waals surface area contributed by atoms with Gasteiger partial charge in [-0.3, -0.25) is 4.79 Å². The Balaban J connectivity index is 4.15. The Morgan fingerprint density at radius 1 is 1.69 bits per heavy atom. The molecule has 0 radical (unpaired) electrons. The van der Waals surface area contributed by atoms with Gasteiger partial charge in [0, 0.05) is 11.6 Å². The smallest absolute Gasteiger partial charge is 0.227 e. The molecule has 3 nitrogen and oxygen atoms in total. The van der Waals surface area contributed by atoms with Crippen LogP contribution in [0, 0.1) is 5.41 Å². The molecule has 0 saturated carbocycles. The van der Waals surface area contributed by atoms with Crippen molar-refractivity contribution in [1.29, 1.82) is 0 Å². The molecule has 0 aromatic carbocycles. The minimum atomic E-state index is -0.494. The van der Waals surface area contributed by atoms with E-state index in [9.17, 15) is 4.79 Å². The summed E-state index contributed by atoms with van der Waals surface area (Å²) in [6, 6.07) is 0. The molecule has 0 aliphatic heterocycles. The van der Waals surface area contributed by atoms with Crippen molar-refractivity contribution in [1.82, 2.24) is 5.32 Å². The summed E-state index contributed by atoms with van der Waals surface area (Å²) in [6.45, 7) is 7.88. The van der Waals surface area contributed by atoms with E-state index in [0.717, 1.165) is 0 Å². The number of halogens is 1. The lowest BCUT2D eigenvalue weighted by molar-refractivity contribution is -0.129. The van der Waals surface area contributed by atoms with Crippen molar-refractivity contribution in [2.45, 2.75) is 20.3 Å². The summed E-state index contributed by atoms with van der Waals surface area (Å²) in [5.74, 6) is -0.0701. The molecule has 76 valence electrons. The summed E-state index contributed by atoms with van der Waals surface area (Å²) in [7, 11) is 0. The quantitative estimate of drug-likeness (QED) is 0.708. The molecule has 0 bridgehead atoms. The van der Waals surface area contributed by atoms with E-state index in [-0.39, 0.29) is 5.91 Å². The van der Waals surface area contributed by atoms with Gasteiger partial charge in [0.15, 0.2) is 0 Å². The summed E-state index contributed by atoms with van der Waals surface area (Å²) in [6.07, 6.45) is 0.712. The zero-order valence-electron chi connectivity index (χ0n) is 8.19. The number of amides is 1. The molecule has 1 amide bonds. The highest BCUT2D eigenvalue weighted by molar-refractivity contribution is 6.29. The van der Waals surface area contributed by atoms with E-state index in [4.69, 9.17) is 17.3 Å². The molecule has 0 aromatic rings. The summed E-state index contributed by atoms with van der Waals surface area (Å²) < 4.78 is 0. The van der Waals surface area contributed by atoms with Crippen molar-refractivity contribution in [2.24, 2.45) is 11.1 Å². The maximum absolute atomic E-state index is 11.5. The van der Waals surface area contributed by atoms with Crippen LogP contribution in [0.25, 0.3) is 0 Å². The molecule has 0 rings (SSSR count). The van der Waals surface area contributed by atoms with Crippen LogP contribution in [0.3, 0.4) is 0 Å². The molecule has 0 aliphatic rings. The monoisotopic (exact) mass is 204 g/mol. The second-order valence-electron chi connectivity index (χ2n) is 3.32. The van der Waals surface area contributed by atoms with Crippen LogP contribution in [0.15, 0.2) is 11.6 Å². The summed E-state index contributed by atoms with van der Waals surface area (Å²) in [5.41, 5.74) is 5.01. The Bertz CT molecular complexity index is 200. The minimum Gasteiger partial charge on any atom is -0.351 e. The van der Waals surface area contributed by atoms with Gasteiger partial charge in [0.25, 0.3) is 0 Å². The Kier molecular flexibility index (Phi) is 5.03. The Labute approximate surface area is 84.3 Å². The zero-order chi connectivity index (χ0) is 10.5. The van der Waals surface area contributed by atoms with Crippen molar-refractivity contribution in [3.05, 3.63) is 11.6 Å². The molecule has 13 heavy (non-hydrogen) atoms. The predicted molar refractivity (Wildman–Crippen MR) is 55.5 cm³/mol. The minimum absolute atomic E-state index is 0.0701. The first-order valence-corrected chi connectivity index (χ1v) is 4.65. The van der Waals surface area contributed by atoms with E-state index in [1.165, 1.54) is 0 Å². The number of nitrogens with one attached hydrogen (secondary N) is 1. The summed E-state index contributed by atoms with van der Waals surface area (Å²) in [4.78, 5) is 11.5. The number of carbonyl (C=O) groups excluding carboxylic acids is 1. The van der Waals surface area contributed by atoms with Crippen molar-refractivity contribution < 1.29 is 4.79 Å². The van der Waals surface area contributed by atoms with Gasteiger partial charge in [-0.25, -0.2) is 0 Å². The van der Waals surface area contributed by atoms with Gasteiger partial charge in [0.1, 0.15) is 0 Å². The maximum Gasteiger partial charge on any atom is 0.227 e. The van der Waals surface area contributed by atoms with E-state index in [1.807, 2.05) is 13.8 Å². The van der Waals surface area contributed by atoms with Gasteiger partial charge in [-0.05, 0) is 13.3 Å². The first-order chi connectivity index (χ1) is 5.96. The average Bonchev–Trinajstić information content (AvgIpc) is 2.12. The van der Waals surface area contributed by atoms with E-state index in [0.29, 0.717) is 24.5 Å². The van der Waals surface area contributed by atoms with Crippen LogP contribution in [0.4, 0.5) is 0 Å². The standard InChI is InChI=1S/C9H17ClN2O/c1-4-9(3,6-11)8(13)12-5-7(2)10/h2,4-6,11H2,1,3H3,(H,12,13). The third-order valence-corrected chi connectivity index (χ3v) is 2.35. The molecule has 1 atom stereocenters. The van der Waals surface area contributed by atoms with Crippen molar-refractivity contribution >= 4 is 17.5 Å². The molecule has 0 aliphatic carbocycles. The van der Waals surface area contributed by atoms with E-state index < -0.39 is 5.41 Å². The molecular weight excluding hydrogens is 188 g/mol. The summed E-state index contributed by atoms with van der Waals surface area (Å²) >= 11 is 5.52. The Morgan fingerprint density at radius 2 is 2.23 bits per heavy atom. The summed E-state index contributed by atoms with van der Waals surface area (Å²) in [5, 5.41) is 3.09. The van der Waals surface area contributed by atoms with Crippen LogP contribution >= 0.6 is 11.6 Å². The molecule has 0 saturated heterocycles. The fraction of sp³-hybridized carbons (Fsp3) is 0.667. The third kappa shape index (κ3) is 3.79. The van der Waals surface area contributed by atoms with Crippen LogP contribution in [0.2, 0.25) is 0 Å². The van der Waals surface area contributed by atoms with Gasteiger partial charge in [-0.1, -0.05) is 25.1 Å². The topological polar surface area (TPSA) is 55.1 Å². The van der Waals surface area contributed by atoms with Gasteiger partial charge >= 0.3 is 0 Å². The molecular formula is C9H17ClN2O. The van der Waals surface area contributed by atoms with E-state index in [2.05, 4.69) is 11.9 Å². The highest BCUT2D eigenvalue weighted by Crippen LogP contribution is 2.18. The zero-order valence-corrected chi connectivity index (χ0v) is 8.95. The van der Waals surface area contributed by atoms with Crippen LogP contribution in [-0.2, 0) is 4.79 Å². The van der Waals surface area contributed by atoms with E-state index in [1.54, 1.807) is 0 Å². The number of carbonyl (C=O) groups is 1. The molecule has 0 aromatic heterocycles. The molecule has 0 fully saturated rings. The number of hydrogen-bond acceptors (Lipinski definition) is 2. The highest BCUT2D eigenvalue weighted by atomic mass is 35.5. The molecule has 0 spiro atoms. The molecule has 1 unspecified atom stereocenters. The van der Waals surface area contributed by atoms with Crippen LogP contribution in [0.1, 0.15) is 20.3 Å². The number of hydrogen-bond donors (Lipinski definition) is 2. The molecule has 0 heterocycles. The lowest BCUT2D eigenvalue weighted by atomic mass is 9.87. The predicted octanol–water partition coefficient (Wildman–Crippen LogP) is 1.23. The fourth-order valence-electron chi connectivity index (χ4n) is 0.787. The second kappa shape index (κ2) is 5.25. The Hall–Kier alpha value is -0.540. The van der Waals surface area contributed by atoms with E-state index >= 15 is 0 Å². The van der Waals surface area contributed by atoms with Gasteiger partial charge in [-0.2, -0.15) is 0 Å². The molecule has 4 heteroatoms. The van der Waals surface area contributed by atoms with Crippen molar-refractivity contribution in [3.63, 3.8) is 0 Å². The number of rotatable bonds is 5. The Morgan fingerprint density at radius 3 is 2.54 bits per heavy atom. The van der Waals surface area contributed by atoms with Gasteiger partial charge < -0.3 is 11.1 Å². The fourth-order valence-corrected chi connectivity index (χ4v) is 0.854. The van der Waals surface area contributed by atoms with Crippen molar-refractivity contribution in [3.8, 4) is 0 Å². The second-order valence-corrected chi connectivity index (χ2v) is 3.85. The first kappa shape index (κ1) is 12.5. The third-order valence-electron chi connectivity index (χ3n) is 2.22. The van der Waals surface area contributed by atoms with Crippen LogP contribution < -0.4 is 11.1 Å². The largest absolute Gasteiger partial charge is 0.351 e. The van der Waals surface area contributed by atoms with Gasteiger partial charge in [0.2, 0.25) is 5.91 Å². The average molecular weight is 205 g/mol. The molecule has 3 N–H and O–H groups in total.